The van der Waals surface area contributed by atoms with Crippen molar-refractivity contribution in [2.45, 2.75) is 52.0 Å². The van der Waals surface area contributed by atoms with Crippen molar-refractivity contribution in [2.24, 2.45) is 0 Å². The fourth-order valence-corrected chi connectivity index (χ4v) is 5.22. The lowest BCUT2D eigenvalue weighted by Gasteiger charge is -2.30. The van der Waals surface area contributed by atoms with Crippen molar-refractivity contribution in [2.75, 3.05) is 0 Å². The molecular formula is C21H22N2O5S. The molecule has 0 fully saturated rings. The van der Waals surface area contributed by atoms with Crippen LogP contribution < -0.4 is 11.2 Å². The molecule has 0 saturated heterocycles. The van der Waals surface area contributed by atoms with Crippen LogP contribution in [0.25, 0.3) is 10.2 Å². The monoisotopic (exact) mass is 414 g/mol. The minimum absolute atomic E-state index is 0.196. The number of carboxylic acid groups (broad SMARTS) is 1. The Bertz CT molecular complexity index is 1200. The third-order valence-electron chi connectivity index (χ3n) is 5.19. The predicted molar refractivity (Wildman–Crippen MR) is 111 cm³/mol. The molecule has 152 valence electrons. The zero-order chi connectivity index (χ0) is 20.8. The van der Waals surface area contributed by atoms with Gasteiger partial charge >= 0.3 is 11.7 Å². The van der Waals surface area contributed by atoms with Gasteiger partial charge in [0.25, 0.3) is 5.56 Å². The van der Waals surface area contributed by atoms with Crippen LogP contribution in [-0.4, -0.2) is 25.8 Å². The first-order valence-electron chi connectivity index (χ1n) is 9.44. The number of aryl methyl sites for hydroxylation is 1. The second kappa shape index (κ2) is 7.27. The topological polar surface area (TPSA) is 90.5 Å². The number of benzene rings is 1. The second-order valence-electron chi connectivity index (χ2n) is 7.86. The van der Waals surface area contributed by atoms with Crippen molar-refractivity contribution in [3.63, 3.8) is 0 Å². The van der Waals surface area contributed by atoms with Crippen LogP contribution in [0.4, 0.5) is 0 Å². The lowest BCUT2D eigenvalue weighted by molar-refractivity contribution is -0.137. The van der Waals surface area contributed by atoms with E-state index >= 15 is 0 Å². The highest BCUT2D eigenvalue weighted by Gasteiger charge is 2.31. The Hall–Kier alpha value is -2.71. The number of fused-ring (bicyclic) bond motifs is 3. The summed E-state index contributed by atoms with van der Waals surface area (Å²) in [6.07, 6.45) is 1.13. The molecule has 3 heterocycles. The first-order valence-corrected chi connectivity index (χ1v) is 10.3. The molecular weight excluding hydrogens is 392 g/mol. The Kier molecular flexibility index (Phi) is 4.92. The van der Waals surface area contributed by atoms with E-state index in [0.29, 0.717) is 23.1 Å². The Morgan fingerprint density at radius 2 is 1.93 bits per heavy atom. The van der Waals surface area contributed by atoms with Gasteiger partial charge in [-0.2, -0.15) is 0 Å². The third-order valence-corrected chi connectivity index (χ3v) is 6.40. The zero-order valence-electron chi connectivity index (χ0n) is 16.3. The average molecular weight is 414 g/mol. The summed E-state index contributed by atoms with van der Waals surface area (Å²) in [7, 11) is 0. The van der Waals surface area contributed by atoms with E-state index in [9.17, 15) is 19.5 Å². The molecule has 29 heavy (non-hydrogen) atoms. The Morgan fingerprint density at radius 1 is 1.21 bits per heavy atom. The van der Waals surface area contributed by atoms with Gasteiger partial charge in [0, 0.05) is 23.4 Å². The van der Waals surface area contributed by atoms with E-state index in [1.54, 1.807) is 0 Å². The van der Waals surface area contributed by atoms with Crippen LogP contribution in [0, 0.1) is 0 Å². The zero-order valence-corrected chi connectivity index (χ0v) is 17.1. The van der Waals surface area contributed by atoms with Crippen LogP contribution in [0.1, 0.15) is 29.9 Å². The quantitative estimate of drug-likeness (QED) is 0.692. The van der Waals surface area contributed by atoms with E-state index in [4.69, 9.17) is 4.74 Å². The Labute approximate surface area is 170 Å². The van der Waals surface area contributed by atoms with E-state index < -0.39 is 18.2 Å². The van der Waals surface area contributed by atoms with Gasteiger partial charge in [-0.1, -0.05) is 30.3 Å². The predicted octanol–water partition coefficient (Wildman–Crippen LogP) is 2.40. The smallest absolute Gasteiger partial charge is 0.332 e. The fraction of sp³-hybridized carbons (Fsp3) is 0.381. The molecule has 4 rings (SSSR count). The van der Waals surface area contributed by atoms with Gasteiger partial charge in [0.05, 0.1) is 17.7 Å². The van der Waals surface area contributed by atoms with Gasteiger partial charge in [-0.15, -0.1) is 11.3 Å². The van der Waals surface area contributed by atoms with Gasteiger partial charge in [0.1, 0.15) is 11.2 Å². The molecule has 0 saturated carbocycles. The van der Waals surface area contributed by atoms with Crippen LogP contribution in [0.15, 0.2) is 39.9 Å². The molecule has 1 aliphatic rings. The molecule has 0 bridgehead atoms. The maximum Gasteiger partial charge on any atom is 0.332 e. The number of hydrogen-bond donors (Lipinski definition) is 1. The van der Waals surface area contributed by atoms with Crippen LogP contribution >= 0.6 is 11.3 Å². The van der Waals surface area contributed by atoms with E-state index in [2.05, 4.69) is 0 Å². The van der Waals surface area contributed by atoms with Crippen molar-refractivity contribution in [1.29, 1.82) is 0 Å². The van der Waals surface area contributed by atoms with Crippen LogP contribution in [-0.2, 0) is 42.1 Å². The molecule has 0 atom stereocenters. The summed E-state index contributed by atoms with van der Waals surface area (Å²) < 4.78 is 8.66. The molecule has 7 nitrogen and oxygen atoms in total. The first kappa shape index (κ1) is 19.6. The molecule has 8 heteroatoms. The van der Waals surface area contributed by atoms with E-state index in [-0.39, 0.29) is 24.3 Å². The van der Waals surface area contributed by atoms with Gasteiger partial charge < -0.3 is 9.84 Å². The number of aliphatic carboxylic acids is 1. The second-order valence-corrected chi connectivity index (χ2v) is 8.97. The summed E-state index contributed by atoms with van der Waals surface area (Å²) >= 11 is 1.35. The molecule has 1 aromatic carbocycles. The largest absolute Gasteiger partial charge is 0.480 e. The van der Waals surface area contributed by atoms with Gasteiger partial charge in [-0.25, -0.2) is 4.79 Å². The van der Waals surface area contributed by atoms with Crippen molar-refractivity contribution in [1.82, 2.24) is 9.13 Å². The summed E-state index contributed by atoms with van der Waals surface area (Å²) in [6, 6.07) is 9.57. The standard InChI is InChI=1S/C21H22N2O5S/c1-21(2)10-15-14(12-28-21)17-18(29-15)19(26)22(20(27)23(17)11-16(24)25)9-8-13-6-4-3-5-7-13/h3-7H,8-12H2,1-2H3,(H,24,25). The number of ether oxygens (including phenoxy) is 1. The lowest BCUT2D eigenvalue weighted by atomic mass is 9.98. The number of rotatable bonds is 5. The molecule has 0 radical (unpaired) electrons. The van der Waals surface area contributed by atoms with Gasteiger partial charge in [-0.05, 0) is 25.8 Å². The van der Waals surface area contributed by atoms with Gasteiger partial charge in [-0.3, -0.25) is 18.7 Å². The Morgan fingerprint density at radius 3 is 2.62 bits per heavy atom. The molecule has 1 N–H and O–H groups in total. The van der Waals surface area contributed by atoms with E-state index in [1.807, 2.05) is 44.2 Å². The van der Waals surface area contributed by atoms with E-state index in [1.165, 1.54) is 15.9 Å². The highest BCUT2D eigenvalue weighted by molar-refractivity contribution is 7.19. The number of nitrogens with zero attached hydrogens (tertiary/aromatic N) is 2. The highest BCUT2D eigenvalue weighted by Crippen LogP contribution is 2.37. The van der Waals surface area contributed by atoms with Crippen molar-refractivity contribution < 1.29 is 14.6 Å². The number of hydrogen-bond acceptors (Lipinski definition) is 5. The van der Waals surface area contributed by atoms with Crippen molar-refractivity contribution in [3.05, 3.63) is 67.2 Å². The molecule has 0 spiro atoms. The lowest BCUT2D eigenvalue weighted by Crippen LogP contribution is -2.41. The van der Waals surface area contributed by atoms with Crippen LogP contribution in [0.5, 0.6) is 0 Å². The van der Waals surface area contributed by atoms with Crippen LogP contribution in [0.2, 0.25) is 0 Å². The van der Waals surface area contributed by atoms with Gasteiger partial charge in [0.2, 0.25) is 0 Å². The molecule has 3 aromatic rings. The summed E-state index contributed by atoms with van der Waals surface area (Å²) in [4.78, 5) is 38.7. The molecule has 0 amide bonds. The first-order chi connectivity index (χ1) is 13.8. The third kappa shape index (κ3) is 3.65. The maximum atomic E-state index is 13.2. The molecule has 2 aromatic heterocycles. The minimum atomic E-state index is -1.13. The Balaban J connectivity index is 1.88. The van der Waals surface area contributed by atoms with Gasteiger partial charge in [0.15, 0.2) is 0 Å². The number of carbonyl (C=O) groups is 1. The molecule has 0 aliphatic carbocycles. The normalized spacial score (nSPS) is 15.4. The van der Waals surface area contributed by atoms with Crippen LogP contribution in [0.3, 0.4) is 0 Å². The summed E-state index contributed by atoms with van der Waals surface area (Å²) in [5.41, 5.74) is 0.859. The highest BCUT2D eigenvalue weighted by atomic mass is 32.1. The number of carboxylic acids is 1. The molecule has 0 unspecified atom stereocenters. The summed E-state index contributed by atoms with van der Waals surface area (Å²) in [5.74, 6) is -1.13. The maximum absolute atomic E-state index is 13.2. The number of aromatic nitrogens is 2. The molecule has 1 aliphatic heterocycles. The number of thiophene rings is 1. The average Bonchev–Trinajstić information content (AvgIpc) is 3.03. The van der Waals surface area contributed by atoms with E-state index in [0.717, 1.165) is 20.6 Å². The van der Waals surface area contributed by atoms with Crippen molar-refractivity contribution in [3.8, 4) is 0 Å². The summed E-state index contributed by atoms with van der Waals surface area (Å²) in [6.45, 7) is 3.91. The van der Waals surface area contributed by atoms with Crippen molar-refractivity contribution >= 4 is 27.5 Å². The SMILES string of the molecule is CC1(C)Cc2sc3c(=O)n(CCc4ccccc4)c(=O)n(CC(=O)O)c3c2CO1. The summed E-state index contributed by atoms with van der Waals surface area (Å²) in [5, 5.41) is 9.37. The minimum Gasteiger partial charge on any atom is -0.480 e. The fourth-order valence-electron chi connectivity index (χ4n) is 3.75.